The van der Waals surface area contributed by atoms with E-state index in [2.05, 4.69) is 39.1 Å². The van der Waals surface area contributed by atoms with Crippen LogP contribution in [0.4, 0.5) is 0 Å². The van der Waals surface area contributed by atoms with Crippen LogP contribution in [0.2, 0.25) is 0 Å². The number of imidazole rings is 2. The van der Waals surface area contributed by atoms with Gasteiger partial charge in [0.15, 0.2) is 0 Å². The smallest absolute Gasteiger partial charge is 0.0948 e. The van der Waals surface area contributed by atoms with Crippen molar-refractivity contribution in [3.63, 3.8) is 0 Å². The largest absolute Gasteiger partial charge is 0.337 e. The van der Waals surface area contributed by atoms with E-state index < -0.39 is 0 Å². The van der Waals surface area contributed by atoms with E-state index in [0.29, 0.717) is 12.0 Å². The summed E-state index contributed by atoms with van der Waals surface area (Å²) in [4.78, 5) is 8.20. The highest BCUT2D eigenvalue weighted by Gasteiger charge is 2.14. The first-order valence-corrected chi connectivity index (χ1v) is 6.70. The summed E-state index contributed by atoms with van der Waals surface area (Å²) in [7, 11) is 0. The van der Waals surface area contributed by atoms with Crippen molar-refractivity contribution in [3.8, 4) is 0 Å². The van der Waals surface area contributed by atoms with Gasteiger partial charge >= 0.3 is 0 Å². The quantitative estimate of drug-likeness (QED) is 0.703. The maximum atomic E-state index is 4.14. The van der Waals surface area contributed by atoms with Crippen LogP contribution in [0.15, 0.2) is 37.4 Å². The number of unbranched alkanes of at least 4 members (excludes halogenated alkanes) is 1. The molecule has 2 rings (SSSR count). The van der Waals surface area contributed by atoms with E-state index in [1.54, 1.807) is 0 Å². The van der Waals surface area contributed by atoms with Crippen LogP contribution in [0.5, 0.6) is 0 Å². The summed E-state index contributed by atoms with van der Waals surface area (Å²) in [5.74, 6) is 0.646. The summed E-state index contributed by atoms with van der Waals surface area (Å²) in [5.41, 5.74) is 0. The minimum absolute atomic E-state index is 0.565. The van der Waals surface area contributed by atoms with E-state index in [9.17, 15) is 0 Å². The second-order valence-corrected chi connectivity index (χ2v) is 5.12. The number of hydrogen-bond donors (Lipinski definition) is 0. The molecule has 1 unspecified atom stereocenters. The Morgan fingerprint density at radius 1 is 1.00 bits per heavy atom. The number of aromatic nitrogens is 4. The number of rotatable bonds is 7. The molecule has 0 saturated heterocycles. The fourth-order valence-electron chi connectivity index (χ4n) is 2.36. The lowest BCUT2D eigenvalue weighted by atomic mass is 9.98. The van der Waals surface area contributed by atoms with Crippen molar-refractivity contribution in [2.75, 3.05) is 0 Å². The molecule has 2 aromatic rings. The van der Waals surface area contributed by atoms with Gasteiger partial charge in [0.1, 0.15) is 0 Å². The maximum absolute atomic E-state index is 4.14. The molecule has 0 aliphatic carbocycles. The lowest BCUT2D eigenvalue weighted by Gasteiger charge is -2.22. The first kappa shape index (κ1) is 12.9. The molecule has 0 spiro atoms. The Hall–Kier alpha value is -1.58. The minimum Gasteiger partial charge on any atom is -0.337 e. The lowest BCUT2D eigenvalue weighted by molar-refractivity contribution is 0.339. The molecule has 2 heterocycles. The Labute approximate surface area is 109 Å². The monoisotopic (exact) mass is 246 g/mol. The minimum atomic E-state index is 0.565. The van der Waals surface area contributed by atoms with E-state index >= 15 is 0 Å². The van der Waals surface area contributed by atoms with Crippen LogP contribution in [0.3, 0.4) is 0 Å². The molecule has 4 heteroatoms. The molecule has 2 aromatic heterocycles. The number of nitrogens with zero attached hydrogens (tertiary/aromatic N) is 4. The molecule has 4 nitrogen and oxygen atoms in total. The van der Waals surface area contributed by atoms with Crippen LogP contribution < -0.4 is 0 Å². The summed E-state index contributed by atoms with van der Waals surface area (Å²) in [6, 6.07) is 0.565. The third-order valence-electron chi connectivity index (χ3n) is 3.40. The van der Waals surface area contributed by atoms with Crippen molar-refractivity contribution in [1.82, 2.24) is 19.1 Å². The zero-order chi connectivity index (χ0) is 12.8. The van der Waals surface area contributed by atoms with Gasteiger partial charge in [-0.1, -0.05) is 13.8 Å². The highest BCUT2D eigenvalue weighted by molar-refractivity contribution is 4.82. The van der Waals surface area contributed by atoms with Crippen LogP contribution in [0, 0.1) is 5.92 Å². The summed E-state index contributed by atoms with van der Waals surface area (Å²) in [6.07, 6.45) is 15.3. The standard InChI is InChI=1S/C14H22N4/c1-13(2)14(18-10-7-16-12-18)5-3-4-8-17-9-6-15-11-17/h6-7,9-14H,3-5,8H2,1-2H3. The molecular weight excluding hydrogens is 224 g/mol. The molecule has 0 aliphatic heterocycles. The Bertz CT molecular complexity index is 417. The van der Waals surface area contributed by atoms with Crippen LogP contribution in [0.1, 0.15) is 39.2 Å². The molecule has 0 aliphatic rings. The van der Waals surface area contributed by atoms with Crippen molar-refractivity contribution in [1.29, 1.82) is 0 Å². The van der Waals surface area contributed by atoms with Gasteiger partial charge in [-0.3, -0.25) is 0 Å². The SMILES string of the molecule is CC(C)C(CCCCn1ccnc1)n1ccnc1. The third-order valence-corrected chi connectivity index (χ3v) is 3.40. The molecule has 0 fully saturated rings. The first-order valence-electron chi connectivity index (χ1n) is 6.70. The van der Waals surface area contributed by atoms with E-state index in [4.69, 9.17) is 0 Å². The average Bonchev–Trinajstić information content (AvgIpc) is 3.00. The van der Waals surface area contributed by atoms with Crippen LogP contribution in [-0.4, -0.2) is 19.1 Å². The van der Waals surface area contributed by atoms with E-state index in [1.807, 2.05) is 31.2 Å². The van der Waals surface area contributed by atoms with Gasteiger partial charge in [0, 0.05) is 37.4 Å². The number of hydrogen-bond acceptors (Lipinski definition) is 2. The Balaban J connectivity index is 1.76. The van der Waals surface area contributed by atoms with Crippen LogP contribution in [-0.2, 0) is 6.54 Å². The molecule has 0 radical (unpaired) electrons. The molecule has 1 atom stereocenters. The average molecular weight is 246 g/mol. The van der Waals surface area contributed by atoms with Gasteiger partial charge in [-0.25, -0.2) is 9.97 Å². The third kappa shape index (κ3) is 3.45. The summed E-state index contributed by atoms with van der Waals surface area (Å²) in [5, 5.41) is 0. The molecule has 0 amide bonds. The van der Waals surface area contributed by atoms with Gasteiger partial charge in [0.25, 0.3) is 0 Å². The van der Waals surface area contributed by atoms with Gasteiger partial charge in [-0.2, -0.15) is 0 Å². The maximum Gasteiger partial charge on any atom is 0.0948 e. The van der Waals surface area contributed by atoms with Crippen molar-refractivity contribution in [2.24, 2.45) is 5.92 Å². The normalized spacial score (nSPS) is 13.1. The van der Waals surface area contributed by atoms with Gasteiger partial charge in [0.2, 0.25) is 0 Å². The molecule has 0 aromatic carbocycles. The van der Waals surface area contributed by atoms with Gasteiger partial charge in [-0.15, -0.1) is 0 Å². The molecule has 0 saturated carbocycles. The Morgan fingerprint density at radius 2 is 1.78 bits per heavy atom. The van der Waals surface area contributed by atoms with Crippen molar-refractivity contribution in [3.05, 3.63) is 37.4 Å². The second kappa shape index (κ2) is 6.38. The fraction of sp³-hybridized carbons (Fsp3) is 0.571. The molecular formula is C14H22N4. The summed E-state index contributed by atoms with van der Waals surface area (Å²) < 4.78 is 4.38. The zero-order valence-corrected chi connectivity index (χ0v) is 11.2. The summed E-state index contributed by atoms with van der Waals surface area (Å²) in [6.45, 7) is 5.62. The van der Waals surface area contributed by atoms with Crippen molar-refractivity contribution in [2.45, 2.75) is 45.7 Å². The van der Waals surface area contributed by atoms with Crippen molar-refractivity contribution >= 4 is 0 Å². The van der Waals surface area contributed by atoms with Crippen LogP contribution in [0.25, 0.3) is 0 Å². The van der Waals surface area contributed by atoms with Crippen molar-refractivity contribution < 1.29 is 0 Å². The van der Waals surface area contributed by atoms with E-state index in [-0.39, 0.29) is 0 Å². The Morgan fingerprint density at radius 3 is 2.39 bits per heavy atom. The predicted octanol–water partition coefficient (Wildman–Crippen LogP) is 3.15. The molecule has 0 bridgehead atoms. The van der Waals surface area contributed by atoms with E-state index in [0.717, 1.165) is 6.54 Å². The highest BCUT2D eigenvalue weighted by Crippen LogP contribution is 2.23. The van der Waals surface area contributed by atoms with Crippen LogP contribution >= 0.6 is 0 Å². The predicted molar refractivity (Wildman–Crippen MR) is 72.2 cm³/mol. The van der Waals surface area contributed by atoms with Gasteiger partial charge < -0.3 is 9.13 Å². The fourth-order valence-corrected chi connectivity index (χ4v) is 2.36. The van der Waals surface area contributed by atoms with Gasteiger partial charge in [-0.05, 0) is 25.2 Å². The topological polar surface area (TPSA) is 35.6 Å². The molecule has 98 valence electrons. The number of aryl methyl sites for hydroxylation is 1. The summed E-state index contributed by atoms with van der Waals surface area (Å²) >= 11 is 0. The molecule has 18 heavy (non-hydrogen) atoms. The zero-order valence-electron chi connectivity index (χ0n) is 11.2. The second-order valence-electron chi connectivity index (χ2n) is 5.12. The van der Waals surface area contributed by atoms with E-state index in [1.165, 1.54) is 19.3 Å². The Kier molecular flexibility index (Phi) is 4.56. The first-order chi connectivity index (χ1) is 8.77. The highest BCUT2D eigenvalue weighted by atomic mass is 15.1. The lowest BCUT2D eigenvalue weighted by Crippen LogP contribution is -2.14. The molecule has 0 N–H and O–H groups in total. The van der Waals surface area contributed by atoms with Gasteiger partial charge in [0.05, 0.1) is 12.7 Å².